The summed E-state index contributed by atoms with van der Waals surface area (Å²) in [7, 11) is 0. The van der Waals surface area contributed by atoms with E-state index in [0.29, 0.717) is 18.4 Å². The van der Waals surface area contributed by atoms with E-state index in [1.54, 1.807) is 12.4 Å². The van der Waals surface area contributed by atoms with E-state index in [9.17, 15) is 9.90 Å². The Morgan fingerprint density at radius 1 is 0.861 bits per heavy atom. The van der Waals surface area contributed by atoms with Crippen molar-refractivity contribution in [3.8, 4) is 11.1 Å². The minimum atomic E-state index is -0.858. The summed E-state index contributed by atoms with van der Waals surface area (Å²) in [5, 5.41) is 19.7. The lowest BCUT2D eigenvalue weighted by Gasteiger charge is -2.34. The first kappa shape index (κ1) is 27.3. The summed E-state index contributed by atoms with van der Waals surface area (Å²) in [5.74, 6) is -0.858. The molecule has 3 aromatic rings. The van der Waals surface area contributed by atoms with Crippen LogP contribution in [0.1, 0.15) is 81.2 Å². The normalized spacial score (nSPS) is 12.3. The molecule has 0 amide bonds. The molecule has 0 bridgehead atoms. The molecule has 0 aliphatic rings. The van der Waals surface area contributed by atoms with Gasteiger partial charge in [0.05, 0.1) is 12.0 Å². The number of aryl methyl sites for hydroxylation is 1. The highest BCUT2D eigenvalue weighted by Crippen LogP contribution is 2.40. The average Bonchev–Trinajstić information content (AvgIpc) is 2.89. The second-order valence-electron chi connectivity index (χ2n) is 9.73. The predicted octanol–water partition coefficient (Wildman–Crippen LogP) is 7.35. The fraction of sp³-hybridized carbons (Fsp3) is 0.375. The lowest BCUT2D eigenvalue weighted by atomic mass is 9.70. The van der Waals surface area contributed by atoms with Gasteiger partial charge in [0.15, 0.2) is 0 Å². The van der Waals surface area contributed by atoms with Gasteiger partial charge in [0.25, 0.3) is 0 Å². The fourth-order valence-electron chi connectivity index (χ4n) is 5.02. The summed E-state index contributed by atoms with van der Waals surface area (Å²) in [6, 6.07) is 17.2. The maximum absolute atomic E-state index is 11.1. The van der Waals surface area contributed by atoms with Crippen molar-refractivity contribution in [1.29, 1.82) is 0 Å². The molecule has 190 valence electrons. The molecule has 0 saturated heterocycles. The maximum atomic E-state index is 11.1. The zero-order chi connectivity index (χ0) is 26.3. The number of carboxylic acids is 1. The summed E-state index contributed by atoms with van der Waals surface area (Å²) in [6.45, 7) is 10.6. The Labute approximate surface area is 215 Å². The van der Waals surface area contributed by atoms with Crippen molar-refractivity contribution in [3.05, 3.63) is 94.8 Å². The number of carbonyl (C=O) groups is 1. The first-order chi connectivity index (χ1) is 17.2. The Morgan fingerprint density at radius 3 is 2.06 bits per heavy atom. The molecule has 1 heterocycles. The molecule has 0 aliphatic heterocycles. The number of pyridine rings is 1. The van der Waals surface area contributed by atoms with Crippen LogP contribution in [0.3, 0.4) is 0 Å². The smallest absolute Gasteiger partial charge is 0.307 e. The van der Waals surface area contributed by atoms with Gasteiger partial charge in [-0.2, -0.15) is 0 Å². The van der Waals surface area contributed by atoms with Gasteiger partial charge in [0.1, 0.15) is 0 Å². The fourth-order valence-corrected chi connectivity index (χ4v) is 5.02. The first-order valence-corrected chi connectivity index (χ1v) is 13.0. The molecule has 3 rings (SSSR count). The lowest BCUT2D eigenvalue weighted by molar-refractivity contribution is -0.136. The van der Waals surface area contributed by atoms with Gasteiger partial charge in [-0.1, -0.05) is 82.3 Å². The number of hydrogen-bond donors (Lipinski definition) is 2. The summed E-state index contributed by atoms with van der Waals surface area (Å²) in [4.78, 5) is 15.3. The zero-order valence-electron chi connectivity index (χ0n) is 22.2. The summed E-state index contributed by atoms with van der Waals surface area (Å²) in [6.07, 6.45) is 10.7. The molecule has 0 radical (unpaired) electrons. The lowest BCUT2D eigenvalue weighted by Crippen LogP contribution is -2.26. The highest BCUT2D eigenvalue weighted by Gasteiger charge is 2.31. The Morgan fingerprint density at radius 2 is 1.50 bits per heavy atom. The second-order valence-corrected chi connectivity index (χ2v) is 9.73. The van der Waals surface area contributed by atoms with Crippen LogP contribution < -0.4 is 0 Å². The molecule has 2 aromatic carbocycles. The SMILES string of the molecule is CCC(O)(/C=C/c1ccc(C(CC)(CC)c2ccc(-c3cncc(CC(=O)O)c3)cc2)cc1C)CC. The Balaban J connectivity index is 1.94. The van der Waals surface area contributed by atoms with Crippen LogP contribution in [-0.4, -0.2) is 26.8 Å². The average molecular weight is 486 g/mol. The molecule has 1 aromatic heterocycles. The van der Waals surface area contributed by atoms with Crippen LogP contribution in [0.15, 0.2) is 67.0 Å². The molecule has 2 N–H and O–H groups in total. The van der Waals surface area contributed by atoms with Gasteiger partial charge in [-0.15, -0.1) is 0 Å². The monoisotopic (exact) mass is 485 g/mol. The minimum Gasteiger partial charge on any atom is -0.481 e. The van der Waals surface area contributed by atoms with Gasteiger partial charge in [-0.25, -0.2) is 0 Å². The van der Waals surface area contributed by atoms with Gasteiger partial charge < -0.3 is 10.2 Å². The van der Waals surface area contributed by atoms with Crippen molar-refractivity contribution in [2.75, 3.05) is 0 Å². The number of aliphatic hydroxyl groups is 1. The molecule has 0 atom stereocenters. The number of aromatic nitrogens is 1. The van der Waals surface area contributed by atoms with Gasteiger partial charge in [0, 0.05) is 23.4 Å². The van der Waals surface area contributed by atoms with Crippen LogP contribution in [0.25, 0.3) is 17.2 Å². The first-order valence-electron chi connectivity index (χ1n) is 13.0. The second kappa shape index (κ2) is 11.7. The third kappa shape index (κ3) is 5.93. The molecule has 0 saturated carbocycles. The number of carboxylic acid groups (broad SMARTS) is 1. The number of benzene rings is 2. The number of rotatable bonds is 11. The van der Waals surface area contributed by atoms with Gasteiger partial charge >= 0.3 is 5.97 Å². The van der Waals surface area contributed by atoms with E-state index >= 15 is 0 Å². The molecule has 36 heavy (non-hydrogen) atoms. The van der Waals surface area contributed by atoms with Crippen molar-refractivity contribution < 1.29 is 15.0 Å². The third-order valence-electron chi connectivity index (χ3n) is 7.75. The van der Waals surface area contributed by atoms with Gasteiger partial charge in [-0.05, 0) is 72.1 Å². The van der Waals surface area contributed by atoms with E-state index in [2.05, 4.69) is 68.2 Å². The van der Waals surface area contributed by atoms with Crippen molar-refractivity contribution in [2.24, 2.45) is 0 Å². The highest BCUT2D eigenvalue weighted by atomic mass is 16.4. The van der Waals surface area contributed by atoms with E-state index < -0.39 is 11.6 Å². The summed E-state index contributed by atoms with van der Waals surface area (Å²) >= 11 is 0. The predicted molar refractivity (Wildman–Crippen MR) is 148 cm³/mol. The Bertz CT molecular complexity index is 1200. The molecular weight excluding hydrogens is 446 g/mol. The van der Waals surface area contributed by atoms with Crippen LogP contribution in [0.4, 0.5) is 0 Å². The number of hydrogen-bond acceptors (Lipinski definition) is 3. The van der Waals surface area contributed by atoms with Crippen LogP contribution in [0.2, 0.25) is 0 Å². The topological polar surface area (TPSA) is 70.4 Å². The summed E-state index contributed by atoms with van der Waals surface area (Å²) < 4.78 is 0. The number of nitrogens with zero attached hydrogens (tertiary/aromatic N) is 1. The van der Waals surface area contributed by atoms with E-state index in [1.807, 2.05) is 32.1 Å². The molecule has 0 unspecified atom stereocenters. The molecule has 0 aliphatic carbocycles. The van der Waals surface area contributed by atoms with E-state index in [0.717, 1.165) is 29.5 Å². The van der Waals surface area contributed by atoms with Crippen LogP contribution >= 0.6 is 0 Å². The molecule has 0 spiro atoms. The Kier molecular flexibility index (Phi) is 8.86. The standard InChI is InChI=1S/C32H39NO3/c1-6-31(36,7-2)17-16-25-10-15-29(18-23(25)5)32(8-3,9-4)28-13-11-26(12-14-28)27-19-24(20-30(34)35)21-33-22-27/h10-19,21-22,36H,6-9,20H2,1-5H3,(H,34,35)/b17-16+. The van der Waals surface area contributed by atoms with Crippen molar-refractivity contribution >= 4 is 12.0 Å². The molecular formula is C32H39NO3. The van der Waals surface area contributed by atoms with Gasteiger partial charge in [-0.3, -0.25) is 9.78 Å². The molecule has 4 heteroatoms. The van der Waals surface area contributed by atoms with Crippen LogP contribution in [0.5, 0.6) is 0 Å². The van der Waals surface area contributed by atoms with Crippen LogP contribution in [-0.2, 0) is 16.6 Å². The largest absolute Gasteiger partial charge is 0.481 e. The quantitative estimate of drug-likeness (QED) is 0.298. The molecule has 4 nitrogen and oxygen atoms in total. The van der Waals surface area contributed by atoms with E-state index in [-0.39, 0.29) is 11.8 Å². The summed E-state index contributed by atoms with van der Waals surface area (Å²) in [5.41, 5.74) is 6.66. The highest BCUT2D eigenvalue weighted by molar-refractivity contribution is 5.72. The van der Waals surface area contributed by atoms with E-state index in [1.165, 1.54) is 16.7 Å². The molecule has 0 fully saturated rings. The minimum absolute atomic E-state index is 0.0333. The maximum Gasteiger partial charge on any atom is 0.307 e. The van der Waals surface area contributed by atoms with Crippen molar-refractivity contribution in [1.82, 2.24) is 4.98 Å². The van der Waals surface area contributed by atoms with Gasteiger partial charge in [0.2, 0.25) is 0 Å². The number of aliphatic carboxylic acids is 1. The zero-order valence-corrected chi connectivity index (χ0v) is 22.2. The van der Waals surface area contributed by atoms with Crippen molar-refractivity contribution in [2.45, 2.75) is 77.7 Å². The Hall–Kier alpha value is -3.24. The third-order valence-corrected chi connectivity index (χ3v) is 7.75. The van der Waals surface area contributed by atoms with Crippen LogP contribution in [0, 0.1) is 6.92 Å². The van der Waals surface area contributed by atoms with Crippen molar-refractivity contribution in [3.63, 3.8) is 0 Å². The van der Waals surface area contributed by atoms with E-state index in [4.69, 9.17) is 5.11 Å².